The fourth-order valence-corrected chi connectivity index (χ4v) is 1.70. The first kappa shape index (κ1) is 17.5. The summed E-state index contributed by atoms with van der Waals surface area (Å²) in [7, 11) is -5.87. The van der Waals surface area contributed by atoms with Crippen LogP contribution in [0.4, 0.5) is 30.7 Å². The number of alkyl halides is 7. The molecule has 0 radical (unpaired) electrons. The molecule has 0 saturated heterocycles. The summed E-state index contributed by atoms with van der Waals surface area (Å²) < 4.78 is 114. The van der Waals surface area contributed by atoms with Crippen LogP contribution in [0.3, 0.4) is 0 Å². The van der Waals surface area contributed by atoms with Gasteiger partial charge in [-0.15, -0.1) is 0 Å². The minimum atomic E-state index is -6.73. The molecule has 0 atom stereocenters. The van der Waals surface area contributed by atoms with Crippen molar-refractivity contribution in [1.29, 1.82) is 0 Å². The zero-order valence-electron chi connectivity index (χ0n) is 9.57. The number of benzene rings is 1. The maximum Gasteiger partial charge on any atom is 0.462 e. The molecule has 0 aliphatic carbocycles. The van der Waals surface area contributed by atoms with Gasteiger partial charge in [0.1, 0.15) is 5.75 Å². The van der Waals surface area contributed by atoms with E-state index in [0.29, 0.717) is 0 Å². The van der Waals surface area contributed by atoms with Crippen LogP contribution in [-0.2, 0) is 14.6 Å². The zero-order valence-corrected chi connectivity index (χ0v) is 10.4. The highest BCUT2D eigenvalue weighted by molar-refractivity contribution is 7.82. The van der Waals surface area contributed by atoms with Crippen LogP contribution in [0.15, 0.2) is 30.3 Å². The molecule has 0 spiro atoms. The van der Waals surface area contributed by atoms with Gasteiger partial charge in [-0.3, -0.25) is 0 Å². The monoisotopic (exact) mass is 342 g/mol. The second kappa shape index (κ2) is 5.33. The van der Waals surface area contributed by atoms with Crippen LogP contribution >= 0.6 is 0 Å². The maximum absolute atomic E-state index is 12.7. The molecule has 21 heavy (non-hydrogen) atoms. The molecule has 0 saturated carbocycles. The van der Waals surface area contributed by atoms with Crippen LogP contribution in [-0.4, -0.2) is 26.6 Å². The van der Waals surface area contributed by atoms with Crippen molar-refractivity contribution in [3.05, 3.63) is 30.3 Å². The molecule has 0 heterocycles. The second-order valence-corrected chi connectivity index (χ2v) is 4.63. The molecule has 0 amide bonds. The Bertz CT molecular complexity index is 582. The summed E-state index contributed by atoms with van der Waals surface area (Å²) in [6, 6.07) is 5.58. The average molecular weight is 342 g/mol. The van der Waals surface area contributed by atoms with E-state index in [1.54, 1.807) is 0 Å². The van der Waals surface area contributed by atoms with E-state index < -0.39 is 34.4 Å². The van der Waals surface area contributed by atoms with Crippen LogP contribution in [0.1, 0.15) is 0 Å². The Kier molecular flexibility index (Phi) is 4.44. The fraction of sp³-hybridized carbons (Fsp3) is 0.333. The van der Waals surface area contributed by atoms with Crippen molar-refractivity contribution in [2.75, 3.05) is 0 Å². The molecule has 0 aliphatic rings. The number of hydrogen-bond acceptors (Lipinski definition) is 4. The van der Waals surface area contributed by atoms with Crippen molar-refractivity contribution in [1.82, 2.24) is 0 Å². The van der Waals surface area contributed by atoms with Gasteiger partial charge in [0, 0.05) is 0 Å². The zero-order chi connectivity index (χ0) is 16.5. The molecule has 0 unspecified atom stereocenters. The normalized spacial score (nSPS) is 14.0. The molecule has 1 rings (SSSR count). The molecule has 120 valence electrons. The van der Waals surface area contributed by atoms with Gasteiger partial charge in [0.2, 0.25) is 0 Å². The third-order valence-electron chi connectivity index (χ3n) is 1.87. The third kappa shape index (κ3) is 3.97. The number of halogens is 7. The first-order valence-electron chi connectivity index (χ1n) is 4.81. The highest BCUT2D eigenvalue weighted by Gasteiger charge is 2.76. The molecule has 1 aromatic rings. The number of rotatable bonds is 5. The summed E-state index contributed by atoms with van der Waals surface area (Å²) in [4.78, 5) is 0. The van der Waals surface area contributed by atoms with Crippen LogP contribution in [0.2, 0.25) is 0 Å². The van der Waals surface area contributed by atoms with Crippen LogP contribution in [0, 0.1) is 0 Å². The van der Waals surface area contributed by atoms with Crippen LogP contribution in [0.5, 0.6) is 5.75 Å². The van der Waals surface area contributed by atoms with Crippen molar-refractivity contribution in [3.8, 4) is 5.75 Å². The van der Waals surface area contributed by atoms with E-state index in [1.165, 1.54) is 18.2 Å². The van der Waals surface area contributed by atoms with Gasteiger partial charge in [-0.1, -0.05) is 18.2 Å². The first-order chi connectivity index (χ1) is 9.29. The van der Waals surface area contributed by atoms with Crippen LogP contribution < -0.4 is 4.18 Å². The van der Waals surface area contributed by atoms with Gasteiger partial charge in [-0.05, 0) is 12.1 Å². The summed E-state index contributed by atoms with van der Waals surface area (Å²) in [6.45, 7) is 0. The molecule has 0 aromatic heterocycles. The van der Waals surface area contributed by atoms with Gasteiger partial charge in [-0.2, -0.15) is 43.3 Å². The van der Waals surface area contributed by atoms with Gasteiger partial charge in [0.25, 0.3) is 0 Å². The minimum absolute atomic E-state index is 0.622. The number of para-hydroxylation sites is 1. The lowest BCUT2D eigenvalue weighted by molar-refractivity contribution is -0.402. The summed E-state index contributed by atoms with van der Waals surface area (Å²) in [5, 5.41) is 0. The molecule has 0 bridgehead atoms. The van der Waals surface area contributed by atoms with E-state index in [9.17, 15) is 39.2 Å². The van der Waals surface area contributed by atoms with Gasteiger partial charge in [0.15, 0.2) is 0 Å². The Morgan fingerprint density at radius 3 is 1.76 bits per heavy atom. The molecule has 0 aliphatic heterocycles. The average Bonchev–Trinajstić information content (AvgIpc) is 2.26. The fourth-order valence-electron chi connectivity index (χ4n) is 0.956. The van der Waals surface area contributed by atoms with E-state index in [-0.39, 0.29) is 0 Å². The van der Waals surface area contributed by atoms with Crippen molar-refractivity contribution < 1.29 is 47.5 Å². The molecular formula is C9H5F7O4S. The molecule has 0 fully saturated rings. The topological polar surface area (TPSA) is 52.6 Å². The Labute approximate surface area is 113 Å². The lowest BCUT2D eigenvalue weighted by Crippen LogP contribution is -2.54. The summed E-state index contributed by atoms with van der Waals surface area (Å²) in [5.41, 5.74) is 0. The van der Waals surface area contributed by atoms with Crippen molar-refractivity contribution in [2.45, 2.75) is 18.2 Å². The van der Waals surface area contributed by atoms with Crippen molar-refractivity contribution >= 4 is 10.4 Å². The van der Waals surface area contributed by atoms with Crippen LogP contribution in [0.25, 0.3) is 0 Å². The quantitative estimate of drug-likeness (QED) is 0.772. The maximum atomic E-state index is 12.7. The standard InChI is InChI=1S/C9H5F7O4S/c10-7(11,8(12,13)14)9(15,16)20-21(17,18)19-6-4-2-1-3-5-6/h1-5H. The van der Waals surface area contributed by atoms with Gasteiger partial charge in [-0.25, -0.2) is 0 Å². The third-order valence-corrected chi connectivity index (χ3v) is 2.68. The predicted molar refractivity (Wildman–Crippen MR) is 53.0 cm³/mol. The highest BCUT2D eigenvalue weighted by Crippen LogP contribution is 2.47. The Hall–Kier alpha value is -1.56. The van der Waals surface area contributed by atoms with E-state index in [4.69, 9.17) is 0 Å². The first-order valence-corrected chi connectivity index (χ1v) is 6.14. The lowest BCUT2D eigenvalue weighted by atomic mass is 10.3. The number of hydrogen-bond donors (Lipinski definition) is 0. The van der Waals surface area contributed by atoms with Crippen molar-refractivity contribution in [2.24, 2.45) is 0 Å². The Morgan fingerprint density at radius 2 is 1.33 bits per heavy atom. The summed E-state index contributed by atoms with van der Waals surface area (Å²) in [5.74, 6) is -7.35. The van der Waals surface area contributed by atoms with Gasteiger partial charge < -0.3 is 4.18 Å². The van der Waals surface area contributed by atoms with Gasteiger partial charge in [0.05, 0.1) is 0 Å². The predicted octanol–water partition coefficient (Wildman–Crippen LogP) is 3.12. The molecule has 12 heteroatoms. The SMILES string of the molecule is O=S(=O)(Oc1ccccc1)OC(F)(F)C(F)(F)C(F)(F)F. The Balaban J connectivity index is 2.98. The van der Waals surface area contributed by atoms with E-state index in [0.717, 1.165) is 12.1 Å². The molecular weight excluding hydrogens is 337 g/mol. The minimum Gasteiger partial charge on any atom is -0.362 e. The summed E-state index contributed by atoms with van der Waals surface area (Å²) >= 11 is 0. The van der Waals surface area contributed by atoms with E-state index >= 15 is 0 Å². The largest absolute Gasteiger partial charge is 0.462 e. The second-order valence-electron chi connectivity index (χ2n) is 3.48. The van der Waals surface area contributed by atoms with Gasteiger partial charge >= 0.3 is 28.6 Å². The Morgan fingerprint density at radius 1 is 0.857 bits per heavy atom. The summed E-state index contributed by atoms with van der Waals surface area (Å²) in [6.07, 6.45) is -13.1. The molecule has 1 aromatic carbocycles. The smallest absolute Gasteiger partial charge is 0.362 e. The van der Waals surface area contributed by atoms with E-state index in [2.05, 4.69) is 8.37 Å². The van der Waals surface area contributed by atoms with Crippen molar-refractivity contribution in [3.63, 3.8) is 0 Å². The van der Waals surface area contributed by atoms with E-state index in [1.807, 2.05) is 0 Å². The molecule has 0 N–H and O–H groups in total. The lowest BCUT2D eigenvalue weighted by Gasteiger charge is -2.26. The highest BCUT2D eigenvalue weighted by atomic mass is 32.3. The molecule has 4 nitrogen and oxygen atoms in total.